The fraction of sp³-hybridized carbons (Fsp3) is 0.595. The highest BCUT2D eigenvalue weighted by atomic mass is 15.1. The Hall–Kier alpha value is -2.35. The molecule has 2 nitrogen and oxygen atoms in total. The van der Waals surface area contributed by atoms with Gasteiger partial charge < -0.3 is 4.57 Å². The fourth-order valence-electron chi connectivity index (χ4n) is 6.36. The van der Waals surface area contributed by atoms with Crippen molar-refractivity contribution in [3.63, 3.8) is 0 Å². The minimum Gasteiger partial charge on any atom is -0.335 e. The SMILES string of the molecule is CCCCCCCCCCCCCC(c1nccn1CCCCC)C(C)(Cc1ccccc1)c1ccccc1. The lowest BCUT2D eigenvalue weighted by atomic mass is 9.66. The van der Waals surface area contributed by atoms with Crippen molar-refractivity contribution in [2.45, 2.75) is 141 Å². The van der Waals surface area contributed by atoms with Gasteiger partial charge in [-0.05, 0) is 30.4 Å². The molecule has 3 rings (SSSR count). The lowest BCUT2D eigenvalue weighted by molar-refractivity contribution is 0.321. The number of nitrogens with zero attached hydrogens (tertiary/aromatic N) is 2. The quantitative estimate of drug-likeness (QED) is 0.126. The molecule has 2 heteroatoms. The molecule has 1 aromatic heterocycles. The molecule has 0 saturated carbocycles. The molecule has 0 aliphatic heterocycles. The Labute approximate surface area is 240 Å². The summed E-state index contributed by atoms with van der Waals surface area (Å²) in [4.78, 5) is 5.06. The van der Waals surface area contributed by atoms with Crippen LogP contribution >= 0.6 is 0 Å². The monoisotopic (exact) mass is 528 g/mol. The van der Waals surface area contributed by atoms with Gasteiger partial charge in [0.25, 0.3) is 0 Å². The van der Waals surface area contributed by atoms with Crippen molar-refractivity contribution >= 4 is 0 Å². The van der Waals surface area contributed by atoms with Crippen LogP contribution in [0.25, 0.3) is 0 Å². The second-order valence-electron chi connectivity index (χ2n) is 12.0. The maximum Gasteiger partial charge on any atom is 0.112 e. The van der Waals surface area contributed by atoms with Gasteiger partial charge in [-0.15, -0.1) is 0 Å². The van der Waals surface area contributed by atoms with Crippen LogP contribution in [-0.2, 0) is 18.4 Å². The second kappa shape index (κ2) is 18.1. The number of rotatable bonds is 21. The van der Waals surface area contributed by atoms with Crippen molar-refractivity contribution < 1.29 is 0 Å². The van der Waals surface area contributed by atoms with Crippen LogP contribution in [0.2, 0.25) is 0 Å². The number of hydrogen-bond acceptors (Lipinski definition) is 1. The molecule has 0 saturated heterocycles. The molecular formula is C37H56N2. The summed E-state index contributed by atoms with van der Waals surface area (Å²) >= 11 is 0. The van der Waals surface area contributed by atoms with Crippen molar-refractivity contribution in [3.05, 3.63) is 90.0 Å². The molecular weight excluding hydrogens is 472 g/mol. The highest BCUT2D eigenvalue weighted by Crippen LogP contribution is 2.44. The van der Waals surface area contributed by atoms with Crippen molar-refractivity contribution in [3.8, 4) is 0 Å². The van der Waals surface area contributed by atoms with E-state index < -0.39 is 0 Å². The average Bonchev–Trinajstić information content (AvgIpc) is 3.42. The summed E-state index contributed by atoms with van der Waals surface area (Å²) in [5, 5.41) is 0. The van der Waals surface area contributed by atoms with E-state index in [2.05, 4.69) is 92.2 Å². The molecule has 39 heavy (non-hydrogen) atoms. The molecule has 3 aromatic rings. The second-order valence-corrected chi connectivity index (χ2v) is 12.0. The van der Waals surface area contributed by atoms with Gasteiger partial charge in [-0.2, -0.15) is 0 Å². The van der Waals surface area contributed by atoms with Gasteiger partial charge in [-0.25, -0.2) is 4.98 Å². The van der Waals surface area contributed by atoms with Crippen molar-refractivity contribution in [2.75, 3.05) is 0 Å². The summed E-state index contributed by atoms with van der Waals surface area (Å²) in [5.41, 5.74) is 2.83. The Bertz CT molecular complexity index is 993. The van der Waals surface area contributed by atoms with Gasteiger partial charge in [0.15, 0.2) is 0 Å². The Balaban J connectivity index is 1.72. The third-order valence-corrected chi connectivity index (χ3v) is 8.77. The molecule has 1 heterocycles. The van der Waals surface area contributed by atoms with E-state index >= 15 is 0 Å². The number of hydrogen-bond donors (Lipinski definition) is 0. The Morgan fingerprint density at radius 2 is 1.21 bits per heavy atom. The minimum atomic E-state index is -0.0189. The van der Waals surface area contributed by atoms with E-state index in [0.717, 1.165) is 13.0 Å². The van der Waals surface area contributed by atoms with Crippen LogP contribution in [0.15, 0.2) is 73.1 Å². The molecule has 0 radical (unpaired) electrons. The molecule has 0 aliphatic rings. The summed E-state index contributed by atoms with van der Waals surface area (Å²) < 4.78 is 2.48. The predicted octanol–water partition coefficient (Wildman–Crippen LogP) is 11.1. The average molecular weight is 529 g/mol. The molecule has 2 unspecified atom stereocenters. The van der Waals surface area contributed by atoms with Gasteiger partial charge in [-0.3, -0.25) is 0 Å². The van der Waals surface area contributed by atoms with E-state index in [-0.39, 0.29) is 5.41 Å². The number of imidazole rings is 1. The third kappa shape index (κ3) is 10.3. The maximum absolute atomic E-state index is 5.06. The number of unbranched alkanes of at least 4 members (excludes halogenated alkanes) is 12. The lowest BCUT2D eigenvalue weighted by Gasteiger charge is -2.39. The van der Waals surface area contributed by atoms with Crippen molar-refractivity contribution in [1.29, 1.82) is 0 Å². The van der Waals surface area contributed by atoms with E-state index in [0.29, 0.717) is 5.92 Å². The van der Waals surface area contributed by atoms with Crippen LogP contribution in [-0.4, -0.2) is 9.55 Å². The Morgan fingerprint density at radius 3 is 1.82 bits per heavy atom. The largest absolute Gasteiger partial charge is 0.335 e. The molecule has 0 N–H and O–H groups in total. The maximum atomic E-state index is 5.06. The van der Waals surface area contributed by atoms with Gasteiger partial charge in [0, 0.05) is 30.3 Å². The number of aromatic nitrogens is 2. The Kier molecular flexibility index (Phi) is 14.5. The van der Waals surface area contributed by atoms with Crippen LogP contribution in [0.4, 0.5) is 0 Å². The van der Waals surface area contributed by atoms with Crippen LogP contribution < -0.4 is 0 Å². The van der Waals surface area contributed by atoms with Gasteiger partial charge in [0.2, 0.25) is 0 Å². The molecule has 0 aliphatic carbocycles. The third-order valence-electron chi connectivity index (χ3n) is 8.77. The smallest absolute Gasteiger partial charge is 0.112 e. The highest BCUT2D eigenvalue weighted by Gasteiger charge is 2.39. The lowest BCUT2D eigenvalue weighted by Crippen LogP contribution is -2.35. The zero-order chi connectivity index (χ0) is 27.6. The zero-order valence-electron chi connectivity index (χ0n) is 25.4. The molecule has 0 fully saturated rings. The van der Waals surface area contributed by atoms with Crippen molar-refractivity contribution in [1.82, 2.24) is 9.55 Å². The van der Waals surface area contributed by atoms with Gasteiger partial charge in [0.05, 0.1) is 0 Å². The van der Waals surface area contributed by atoms with E-state index in [1.54, 1.807) is 0 Å². The Morgan fingerprint density at radius 1 is 0.667 bits per heavy atom. The topological polar surface area (TPSA) is 17.8 Å². The first-order valence-corrected chi connectivity index (χ1v) is 16.3. The number of aryl methyl sites for hydroxylation is 1. The molecule has 0 amide bonds. The van der Waals surface area contributed by atoms with E-state index in [1.807, 2.05) is 6.20 Å². The first-order chi connectivity index (χ1) is 19.2. The van der Waals surface area contributed by atoms with Crippen LogP contribution in [0.5, 0.6) is 0 Å². The van der Waals surface area contributed by atoms with E-state index in [4.69, 9.17) is 4.98 Å². The molecule has 0 bridgehead atoms. The van der Waals surface area contributed by atoms with Crippen LogP contribution in [0.1, 0.15) is 140 Å². The van der Waals surface area contributed by atoms with Gasteiger partial charge in [-0.1, -0.05) is 165 Å². The minimum absolute atomic E-state index is 0.0189. The first kappa shape index (κ1) is 31.2. The fourth-order valence-corrected chi connectivity index (χ4v) is 6.36. The van der Waals surface area contributed by atoms with Gasteiger partial charge >= 0.3 is 0 Å². The molecule has 214 valence electrons. The number of benzene rings is 2. The summed E-state index contributed by atoms with van der Waals surface area (Å²) in [6, 6.07) is 22.4. The summed E-state index contributed by atoms with van der Waals surface area (Å²) in [6.07, 6.45) is 25.5. The standard InChI is InChI=1S/C37H56N2/c1-4-6-8-9-10-11-12-13-14-15-22-28-35(36-38-29-31-39(36)30-23-7-5-2)37(3,34-26-20-17-21-27-34)32-33-24-18-16-19-25-33/h16-21,24-27,29,31,35H,4-15,22-23,28,30,32H2,1-3H3. The van der Waals surface area contributed by atoms with E-state index in [1.165, 1.54) is 113 Å². The van der Waals surface area contributed by atoms with Crippen LogP contribution in [0.3, 0.4) is 0 Å². The first-order valence-electron chi connectivity index (χ1n) is 16.3. The summed E-state index contributed by atoms with van der Waals surface area (Å²) in [7, 11) is 0. The van der Waals surface area contributed by atoms with Crippen LogP contribution in [0, 0.1) is 0 Å². The molecule has 2 atom stereocenters. The summed E-state index contributed by atoms with van der Waals surface area (Å²) in [5.74, 6) is 1.68. The van der Waals surface area contributed by atoms with E-state index in [9.17, 15) is 0 Å². The zero-order valence-corrected chi connectivity index (χ0v) is 25.4. The molecule has 2 aromatic carbocycles. The van der Waals surface area contributed by atoms with Gasteiger partial charge in [0.1, 0.15) is 5.82 Å². The summed E-state index contributed by atoms with van der Waals surface area (Å²) in [6.45, 7) is 8.17. The molecule has 0 spiro atoms. The normalized spacial score (nSPS) is 13.8. The van der Waals surface area contributed by atoms with Crippen molar-refractivity contribution in [2.24, 2.45) is 0 Å². The predicted molar refractivity (Wildman–Crippen MR) is 170 cm³/mol. The highest BCUT2D eigenvalue weighted by molar-refractivity contribution is 5.33.